The van der Waals surface area contributed by atoms with Crippen molar-refractivity contribution in [3.63, 3.8) is 0 Å². The van der Waals surface area contributed by atoms with Crippen LogP contribution in [-0.2, 0) is 9.98 Å². The first kappa shape index (κ1) is 30.3. The summed E-state index contributed by atoms with van der Waals surface area (Å²) in [5.74, 6) is 0. The van der Waals surface area contributed by atoms with Crippen molar-refractivity contribution in [1.29, 1.82) is 0 Å². The lowest BCUT2D eigenvalue weighted by atomic mass is 9.64. The number of furan rings is 1. The van der Waals surface area contributed by atoms with E-state index in [4.69, 9.17) is 9.40 Å². The Kier molecular flexibility index (Phi) is 6.16. The lowest BCUT2D eigenvalue weighted by Crippen LogP contribution is -2.48. The first-order chi connectivity index (χ1) is 26.7. The highest BCUT2D eigenvalue weighted by molar-refractivity contribution is 7.99. The van der Waals surface area contributed by atoms with Crippen LogP contribution in [0.5, 0.6) is 0 Å². The van der Waals surface area contributed by atoms with Crippen LogP contribution >= 0.6 is 18.9 Å². The van der Waals surface area contributed by atoms with E-state index >= 15 is 4.57 Å². The number of hydrogen-bond acceptors (Lipinski definition) is 4. The summed E-state index contributed by atoms with van der Waals surface area (Å²) in [5.41, 5.74) is 8.35. The molecule has 4 nitrogen and oxygen atoms in total. The maximum atomic E-state index is 16.4. The second-order valence-electron chi connectivity index (χ2n) is 14.2. The monoisotopic (exact) mass is 728 g/mol. The summed E-state index contributed by atoms with van der Waals surface area (Å²) in [5, 5.41) is 6.88. The fourth-order valence-corrected chi connectivity index (χ4v) is 13.8. The van der Waals surface area contributed by atoms with E-state index in [1.807, 2.05) is 60.8 Å². The van der Waals surface area contributed by atoms with Crippen molar-refractivity contribution < 1.29 is 8.98 Å². The highest BCUT2D eigenvalue weighted by Gasteiger charge is 2.54. The Morgan fingerprint density at radius 2 is 1.26 bits per heavy atom. The van der Waals surface area contributed by atoms with E-state index in [1.54, 1.807) is 11.8 Å². The van der Waals surface area contributed by atoms with E-state index in [1.165, 1.54) is 21.4 Å². The third kappa shape index (κ3) is 3.80. The molecule has 0 fully saturated rings. The predicted molar refractivity (Wildman–Crippen MR) is 221 cm³/mol. The van der Waals surface area contributed by atoms with E-state index in [2.05, 4.69) is 120 Å². The van der Waals surface area contributed by atoms with Crippen molar-refractivity contribution in [2.45, 2.75) is 15.2 Å². The minimum atomic E-state index is -3.39. The minimum Gasteiger partial charge on any atom is -0.456 e. The van der Waals surface area contributed by atoms with Gasteiger partial charge in [0.15, 0.2) is 7.14 Å². The average molecular weight is 729 g/mol. The molecule has 2 unspecified atom stereocenters. The summed E-state index contributed by atoms with van der Waals surface area (Å²) < 4.78 is 25.2. The molecule has 7 aromatic carbocycles. The topological polar surface area (TPSA) is 48.0 Å². The number of rotatable bonds is 2. The maximum absolute atomic E-state index is 16.4. The molecule has 0 saturated carbocycles. The number of pyridine rings is 1. The SMILES string of the molecule is O=P1(c2ccccc2)c2ccccc2C2(c3ccccc3Sc3cc(-n4c5ccccc5c5cccnc54)ccc32)c2cc3c(cc21)oc1ccccc13. The average Bonchev–Trinajstić information content (AvgIpc) is 3.77. The molecule has 2 aliphatic heterocycles. The first-order valence-corrected chi connectivity index (χ1v) is 20.7. The van der Waals surface area contributed by atoms with Crippen LogP contribution in [0.4, 0.5) is 0 Å². The van der Waals surface area contributed by atoms with Crippen molar-refractivity contribution in [3.05, 3.63) is 198 Å². The minimum absolute atomic E-state index is 0.744. The van der Waals surface area contributed by atoms with Crippen molar-refractivity contribution in [3.8, 4) is 5.69 Å². The zero-order valence-corrected chi connectivity index (χ0v) is 30.5. The molecule has 0 aliphatic carbocycles. The predicted octanol–water partition coefficient (Wildman–Crippen LogP) is 10.9. The van der Waals surface area contributed by atoms with Crippen LogP contribution < -0.4 is 15.9 Å². The quantitative estimate of drug-likeness (QED) is 0.166. The van der Waals surface area contributed by atoms with Crippen molar-refractivity contribution >= 4 is 78.7 Å². The van der Waals surface area contributed by atoms with Gasteiger partial charge >= 0.3 is 0 Å². The molecule has 1 spiro atoms. The molecule has 3 aromatic heterocycles. The van der Waals surface area contributed by atoms with E-state index in [0.29, 0.717) is 0 Å². The molecule has 5 heterocycles. The van der Waals surface area contributed by atoms with Gasteiger partial charge in [-0.25, -0.2) is 4.98 Å². The molecule has 54 heavy (non-hydrogen) atoms. The summed E-state index contributed by atoms with van der Waals surface area (Å²) >= 11 is 1.80. The summed E-state index contributed by atoms with van der Waals surface area (Å²) in [6.45, 7) is 0. The fourth-order valence-electron chi connectivity index (χ4n) is 9.39. The van der Waals surface area contributed by atoms with Gasteiger partial charge in [0.05, 0.1) is 10.9 Å². The third-order valence-electron chi connectivity index (χ3n) is 11.6. The van der Waals surface area contributed by atoms with Crippen molar-refractivity contribution in [1.82, 2.24) is 9.55 Å². The Bertz CT molecular complexity index is 3200. The largest absolute Gasteiger partial charge is 0.456 e. The Labute approximate surface area is 315 Å². The number of hydrogen-bond donors (Lipinski definition) is 0. The zero-order chi connectivity index (χ0) is 35.6. The molecule has 0 N–H and O–H groups in total. The van der Waals surface area contributed by atoms with Crippen molar-refractivity contribution in [2.24, 2.45) is 0 Å². The number of aromatic nitrogens is 2. The molecular formula is C48H29N2O2PS. The van der Waals surface area contributed by atoms with E-state index in [-0.39, 0.29) is 0 Å². The highest BCUT2D eigenvalue weighted by atomic mass is 32.2. The van der Waals surface area contributed by atoms with Gasteiger partial charge in [0.25, 0.3) is 0 Å². The fraction of sp³-hybridized carbons (Fsp3) is 0.0208. The van der Waals surface area contributed by atoms with Gasteiger partial charge < -0.3 is 8.98 Å². The second kappa shape index (κ2) is 11.0. The van der Waals surface area contributed by atoms with Crippen LogP contribution in [0.1, 0.15) is 22.3 Å². The van der Waals surface area contributed by atoms with Gasteiger partial charge in [-0.2, -0.15) is 0 Å². The number of benzene rings is 7. The molecule has 12 rings (SSSR count). The molecule has 10 aromatic rings. The third-order valence-corrected chi connectivity index (χ3v) is 15.9. The van der Waals surface area contributed by atoms with Crippen molar-refractivity contribution in [2.75, 3.05) is 0 Å². The van der Waals surface area contributed by atoms with Gasteiger partial charge in [0.2, 0.25) is 0 Å². The Balaban J connectivity index is 1.24. The van der Waals surface area contributed by atoms with E-state index in [9.17, 15) is 0 Å². The van der Waals surface area contributed by atoms with Gasteiger partial charge in [0.1, 0.15) is 16.8 Å². The molecule has 0 saturated heterocycles. The van der Waals surface area contributed by atoms with Gasteiger partial charge in [-0.3, -0.25) is 4.57 Å². The number of fused-ring (bicyclic) bond motifs is 14. The highest BCUT2D eigenvalue weighted by Crippen LogP contribution is 2.62. The first-order valence-electron chi connectivity index (χ1n) is 18.1. The Morgan fingerprint density at radius 3 is 2.17 bits per heavy atom. The van der Waals surface area contributed by atoms with Crippen LogP contribution in [0, 0.1) is 0 Å². The lowest BCUT2D eigenvalue weighted by molar-refractivity contribution is 0.589. The molecule has 254 valence electrons. The van der Waals surface area contributed by atoms with Crippen LogP contribution in [-0.4, -0.2) is 9.55 Å². The molecule has 6 heteroatoms. The second-order valence-corrected chi connectivity index (χ2v) is 18.0. The van der Waals surface area contributed by atoms with Crippen LogP contribution in [0.3, 0.4) is 0 Å². The Morgan fingerprint density at radius 1 is 0.537 bits per heavy atom. The zero-order valence-electron chi connectivity index (χ0n) is 28.8. The summed E-state index contributed by atoms with van der Waals surface area (Å²) in [4.78, 5) is 7.23. The molecule has 0 amide bonds. The number of para-hydroxylation sites is 2. The Hall–Kier alpha value is -6.13. The maximum Gasteiger partial charge on any atom is 0.171 e. The number of nitrogens with zero attached hydrogens (tertiary/aromatic N) is 2. The molecular weight excluding hydrogens is 700 g/mol. The molecule has 2 aliphatic rings. The van der Waals surface area contributed by atoms with Gasteiger partial charge in [-0.05, 0) is 76.9 Å². The van der Waals surface area contributed by atoms with Gasteiger partial charge in [0, 0.05) is 59.1 Å². The summed E-state index contributed by atoms with van der Waals surface area (Å²) in [6.07, 6.45) is 1.87. The van der Waals surface area contributed by atoms with Crippen LogP contribution in [0.15, 0.2) is 190 Å². The van der Waals surface area contributed by atoms with Crippen LogP contribution in [0.25, 0.3) is 49.6 Å². The molecule has 2 atom stereocenters. The van der Waals surface area contributed by atoms with E-state index < -0.39 is 12.6 Å². The smallest absolute Gasteiger partial charge is 0.171 e. The van der Waals surface area contributed by atoms with Gasteiger partial charge in [-0.15, -0.1) is 0 Å². The standard InChI is InChI=1S/C48H29N2O2PS/c51-53(31-13-2-1-3-14-31)43-22-10-6-18-36(43)48(39-28-35-33-16-5-9-21-41(33)52-42(35)29-44(39)53)37-19-7-11-23-45(37)54-46-27-30(24-25-38(46)48)50-40-20-8-4-15-32(40)34-17-12-26-49-47(34)50/h1-29H. The molecule has 0 bridgehead atoms. The van der Waals surface area contributed by atoms with E-state index in [0.717, 1.165) is 76.1 Å². The molecule has 0 radical (unpaired) electrons. The van der Waals surface area contributed by atoms with Gasteiger partial charge in [-0.1, -0.05) is 127 Å². The summed E-state index contributed by atoms with van der Waals surface area (Å²) in [6, 6.07) is 59.4. The normalized spacial score (nSPS) is 18.5. The van der Waals surface area contributed by atoms with Crippen LogP contribution in [0.2, 0.25) is 0 Å². The lowest BCUT2D eigenvalue weighted by Gasteiger charge is -2.47. The summed E-state index contributed by atoms with van der Waals surface area (Å²) in [7, 11) is -3.39.